The molecular weight excluding hydrogens is 1960 g/mol. The van der Waals surface area contributed by atoms with Gasteiger partial charge in [0.25, 0.3) is 0 Å². The van der Waals surface area contributed by atoms with E-state index >= 15 is 0 Å². The second kappa shape index (κ2) is 45.9. The number of fused-ring (bicyclic) bond motifs is 3. The summed E-state index contributed by atoms with van der Waals surface area (Å²) in [5.41, 5.74) is 19.3. The molecule has 686 valence electrons. The molecule has 4 atom stereocenters. The molecule has 0 fully saturated rings. The smallest absolute Gasteiger partial charge is 0.472 e. The molecule has 12 aromatic carbocycles. The quantitative estimate of drug-likeness (QED) is 0.0154. The van der Waals surface area contributed by atoms with Crippen molar-refractivity contribution in [3.63, 3.8) is 0 Å². The van der Waals surface area contributed by atoms with Gasteiger partial charge in [0.1, 0.15) is 58.4 Å². The lowest BCUT2D eigenvalue weighted by Crippen LogP contribution is -2.02. The number of aldehydes is 1. The Morgan fingerprint density at radius 1 is 0.465 bits per heavy atom. The zero-order valence-electron chi connectivity index (χ0n) is 74.2. The van der Waals surface area contributed by atoms with Crippen molar-refractivity contribution in [1.82, 2.24) is 4.98 Å². The summed E-state index contributed by atoms with van der Waals surface area (Å²) in [6.45, 7) is 27.4. The molecule has 1 aromatic heterocycles. The molecule has 32 heteroatoms. The molecule has 23 nitrogen and oxygen atoms in total. The van der Waals surface area contributed by atoms with Crippen molar-refractivity contribution >= 4 is 146 Å². The van der Waals surface area contributed by atoms with E-state index in [1.54, 1.807) is 66.7 Å². The number of anilines is 1. The predicted octanol–water partition coefficient (Wildman–Crippen LogP) is 27.8. The molecule has 0 bridgehead atoms. The minimum Gasteiger partial charge on any atom is -0.508 e. The number of aromatic amines is 1. The van der Waals surface area contributed by atoms with Gasteiger partial charge in [-0.15, -0.1) is 0 Å². The fourth-order valence-electron chi connectivity index (χ4n) is 14.2. The van der Waals surface area contributed by atoms with Gasteiger partial charge in [0.2, 0.25) is 14.7 Å². The fraction of sp³-hybridized carbons (Fsp3) is 0.268. The molecule has 0 saturated carbocycles. The van der Waals surface area contributed by atoms with Crippen LogP contribution in [0.2, 0.25) is 10.0 Å². The molecule has 0 spiro atoms. The summed E-state index contributed by atoms with van der Waals surface area (Å²) in [5, 5.41) is 47.8. The van der Waals surface area contributed by atoms with Gasteiger partial charge in [0.05, 0.1) is 36.4 Å². The average molecular weight is 2070 g/mol. The number of benzene rings is 12. The first-order valence-corrected chi connectivity index (χ1v) is 51.7. The van der Waals surface area contributed by atoms with Crippen molar-refractivity contribution in [2.75, 3.05) is 58.5 Å². The van der Waals surface area contributed by atoms with Gasteiger partial charge in [-0.05, 0) is 312 Å². The van der Waals surface area contributed by atoms with Gasteiger partial charge in [-0.25, -0.2) is 4.57 Å². The van der Waals surface area contributed by atoms with Crippen LogP contribution in [0.5, 0.6) is 63.2 Å². The van der Waals surface area contributed by atoms with E-state index in [2.05, 4.69) is 145 Å². The third kappa shape index (κ3) is 29.3. The van der Waals surface area contributed by atoms with E-state index in [-0.39, 0.29) is 70.7 Å². The maximum Gasteiger partial charge on any atom is 0.472 e. The Morgan fingerprint density at radius 3 is 1.54 bits per heavy atom. The summed E-state index contributed by atoms with van der Waals surface area (Å²) in [6.07, 6.45) is 3.79. The molecule has 0 radical (unpaired) electrons. The Hall–Kier alpha value is -8.97. The van der Waals surface area contributed by atoms with Crippen LogP contribution in [0.3, 0.4) is 0 Å². The minimum absolute atomic E-state index is 0.0142. The molecular formula is C97H107Br3Cl2N2O21P4. The summed E-state index contributed by atoms with van der Waals surface area (Å²) < 4.78 is 89.6. The number of aromatic hydroxyl groups is 4. The highest BCUT2D eigenvalue weighted by Gasteiger charge is 2.25. The predicted molar refractivity (Wildman–Crippen MR) is 528 cm³/mol. The number of carbonyl (C=O) groups is 1. The monoisotopic (exact) mass is 2070 g/mol. The minimum atomic E-state index is -3.98. The highest BCUT2D eigenvalue weighted by Crippen LogP contribution is 2.49. The molecule has 0 aliphatic rings. The largest absolute Gasteiger partial charge is 0.508 e. The number of aryl methyl sites for hydroxylation is 6. The van der Waals surface area contributed by atoms with Crippen LogP contribution in [-0.4, -0.2) is 104 Å². The number of phosphoric acid groups is 1. The van der Waals surface area contributed by atoms with E-state index in [1.165, 1.54) is 63.7 Å². The number of aromatic nitrogens is 1. The lowest BCUT2D eigenvalue weighted by molar-refractivity contribution is -0.109. The van der Waals surface area contributed by atoms with Crippen LogP contribution >= 0.6 is 101 Å². The number of ether oxygens (including phenoxy) is 5. The Kier molecular flexibility index (Phi) is 36.9. The number of nitrogens with one attached hydrogen (secondary N) is 2. The van der Waals surface area contributed by atoms with E-state index in [0.29, 0.717) is 70.3 Å². The van der Waals surface area contributed by atoms with E-state index < -0.39 is 36.5 Å². The molecule has 0 aliphatic carbocycles. The number of phenols is 4. The molecule has 1 heterocycles. The van der Waals surface area contributed by atoms with Gasteiger partial charge in [-0.1, -0.05) is 144 Å². The number of carbonyl (C=O) groups excluding carboxylic acids is 1. The summed E-state index contributed by atoms with van der Waals surface area (Å²) in [4.78, 5) is 51.4. The van der Waals surface area contributed by atoms with E-state index in [1.807, 2.05) is 120 Å². The molecule has 13 rings (SSSR count). The normalized spacial score (nSPS) is 13.1. The summed E-state index contributed by atoms with van der Waals surface area (Å²) >= 11 is 22.8. The average Bonchev–Trinajstić information content (AvgIpc) is 1.17. The second-order valence-corrected chi connectivity index (χ2v) is 43.6. The van der Waals surface area contributed by atoms with Gasteiger partial charge in [0.15, 0.2) is 30.5 Å². The summed E-state index contributed by atoms with van der Waals surface area (Å²) in [6, 6.07) is 55.6. The van der Waals surface area contributed by atoms with Crippen LogP contribution < -0.4 is 29.0 Å². The highest BCUT2D eigenvalue weighted by atomic mass is 79.9. The van der Waals surface area contributed by atoms with E-state index in [9.17, 15) is 63.1 Å². The number of hydrogen-bond acceptors (Lipinski definition) is 18. The van der Waals surface area contributed by atoms with E-state index in [0.717, 1.165) is 106 Å². The SMILES string of the molecule is COP(=O)(O)COc1cc(Br)c(Oc2ccc(O)c(C(C)C)c2)c(Br)c1.COP(=O)(O)OCc1cc(C)c(Cc2ccc(O)c(C(C)C)c2)c(C)c1.CP(=O)(O)CNc1cc(Cl)c(Oc2ccc(O)c3ccccc23)c(Cl)c1.Cc1cc(OCC=O)cc(C)c1Cc1ccc2[nH]cc(C(C)C)c2c1.Cc1cc(OCP(C)(=O)O)cc(C)c1-c1cccc2c(Br)c(O)ccc12. The highest BCUT2D eigenvalue weighted by molar-refractivity contribution is 9.11. The first kappa shape index (κ1) is 104. The fourth-order valence-corrected chi connectivity index (χ4v) is 18.2. The first-order valence-electron chi connectivity index (χ1n) is 40.7. The van der Waals surface area contributed by atoms with Crippen LogP contribution in [0.15, 0.2) is 202 Å². The van der Waals surface area contributed by atoms with Crippen LogP contribution in [0.1, 0.15) is 137 Å². The Bertz CT molecular complexity index is 6160. The summed E-state index contributed by atoms with van der Waals surface area (Å²) in [7, 11) is -11.9. The first-order chi connectivity index (χ1) is 60.7. The zero-order chi connectivity index (χ0) is 94.9. The van der Waals surface area contributed by atoms with Gasteiger partial charge >= 0.3 is 15.4 Å². The van der Waals surface area contributed by atoms with Gasteiger partial charge in [-0.2, -0.15) is 0 Å². The zero-order valence-corrected chi connectivity index (χ0v) is 84.1. The molecule has 10 N–H and O–H groups in total. The standard InChI is InChI=1S/C22H25NO2.C20H20BrO4P.C20H27O5P.C18H16Cl2NO4P.C17H19Br2O6P/c1-14(2)21-13-23-22-6-5-17(12-20(21)22)11-19-15(3)9-18(10-16(19)4)25-8-7-24;1-12-9-14(25-11-26(3,23)24)10-13(2)19(12)16-5-4-6-17-15(16)7-8-18(22)20(17)21;1-13(2)18-10-16(6-7-20(18)21)11-19-14(3)8-17(9-15(19)4)12-25-26(22,23)24-5;1-26(23,24)10-21-11-8-14(19)18(15(20)9-11)25-17-7-6-16(22)12-4-2-3-5-13(12)17;1-10(2)13-6-11(4-5-16(13)20)25-17-14(18)7-12(8-15(17)19)24-9-26(21,22)23-3/h5-7,9-10,12-14,23H,8,11H2,1-4H3;4-10,22H,11H2,1-3H3,(H,23,24);6-10,13,21H,11-12H2,1-5H3,(H,22,23);2-9,21-22H,10H2,1H3,(H,23,24);4-8,10,20H,9H2,1-3H3,(H,21,22). The van der Waals surface area contributed by atoms with Gasteiger partial charge in [-0.3, -0.25) is 27.5 Å². The topological polar surface area (TPSA) is 349 Å². The third-order valence-electron chi connectivity index (χ3n) is 20.6. The molecule has 0 saturated heterocycles. The van der Waals surface area contributed by atoms with Crippen LogP contribution in [-0.2, 0) is 56.1 Å². The van der Waals surface area contributed by atoms with Crippen molar-refractivity contribution < 1.29 is 100 Å². The van der Waals surface area contributed by atoms with Crippen molar-refractivity contribution in [1.29, 1.82) is 0 Å². The van der Waals surface area contributed by atoms with Crippen LogP contribution in [0.25, 0.3) is 43.6 Å². The molecule has 4 unspecified atom stereocenters. The van der Waals surface area contributed by atoms with Crippen LogP contribution in [0.4, 0.5) is 5.69 Å². The second-order valence-electron chi connectivity index (χ2n) is 32.1. The lowest BCUT2D eigenvalue weighted by Gasteiger charge is -2.16. The maximum absolute atomic E-state index is 11.5. The molecule has 129 heavy (non-hydrogen) atoms. The Labute approximate surface area is 787 Å². The van der Waals surface area contributed by atoms with Crippen molar-refractivity contribution in [2.45, 2.75) is 120 Å². The number of hydrogen-bond donors (Lipinski definition) is 10. The molecule has 0 aliphatic heterocycles. The maximum atomic E-state index is 11.5. The number of phosphoric ester groups is 1. The lowest BCUT2D eigenvalue weighted by atomic mass is 9.91. The Balaban J connectivity index is 0.000000182. The molecule has 13 aromatic rings. The number of phenolic OH excluding ortho intramolecular Hbond substituents is 4. The molecule has 0 amide bonds. The van der Waals surface area contributed by atoms with Crippen molar-refractivity contribution in [3.05, 3.63) is 290 Å². The van der Waals surface area contributed by atoms with Gasteiger partial charge in [0, 0.05) is 72.1 Å². The third-order valence-corrected chi connectivity index (χ3v) is 26.5. The van der Waals surface area contributed by atoms with Crippen molar-refractivity contribution in [2.24, 2.45) is 0 Å². The van der Waals surface area contributed by atoms with E-state index in [4.69, 9.17) is 51.4 Å². The van der Waals surface area contributed by atoms with Crippen LogP contribution in [0, 0.1) is 41.5 Å². The number of halogens is 5. The number of rotatable bonds is 29. The van der Waals surface area contributed by atoms with Crippen molar-refractivity contribution in [3.8, 4) is 74.4 Å². The van der Waals surface area contributed by atoms with Gasteiger partial charge < -0.3 is 78.5 Å². The Morgan fingerprint density at radius 2 is 0.977 bits per heavy atom. The summed E-state index contributed by atoms with van der Waals surface area (Å²) in [5.74, 6) is 5.37. The number of H-pyrrole nitrogens is 1.